The van der Waals surface area contributed by atoms with Crippen molar-refractivity contribution in [2.24, 2.45) is 17.8 Å². The van der Waals surface area contributed by atoms with Gasteiger partial charge in [-0.25, -0.2) is 0 Å². The number of fused-ring (bicyclic) bond motifs is 2. The number of nitrogens with zero attached hydrogens (tertiary/aromatic N) is 1. The predicted molar refractivity (Wildman–Crippen MR) is 106 cm³/mol. The van der Waals surface area contributed by atoms with Gasteiger partial charge in [0, 0.05) is 18.3 Å². The number of rotatable bonds is 7. The molecule has 0 radical (unpaired) electrons. The van der Waals surface area contributed by atoms with Gasteiger partial charge in [0.25, 0.3) is 0 Å². The molecule has 1 N–H and O–H groups in total. The lowest BCUT2D eigenvalue weighted by Crippen LogP contribution is -2.43. The Labute approximate surface area is 169 Å². The van der Waals surface area contributed by atoms with E-state index in [1.165, 1.54) is 19.3 Å². The van der Waals surface area contributed by atoms with Crippen molar-refractivity contribution in [3.8, 4) is 11.5 Å². The molecule has 2 fully saturated rings. The highest BCUT2D eigenvalue weighted by molar-refractivity contribution is 5.52. The number of hydrogen-bond donors (Lipinski definition) is 1. The van der Waals surface area contributed by atoms with Crippen molar-refractivity contribution >= 4 is 5.69 Å². The average molecular weight is 405 g/mol. The normalized spacial score (nSPS) is 24.5. The van der Waals surface area contributed by atoms with Crippen molar-refractivity contribution < 1.29 is 23.0 Å². The largest absolute Gasteiger partial charge is 0.457 e. The van der Waals surface area contributed by atoms with Gasteiger partial charge in [-0.1, -0.05) is 30.7 Å². The SMILES string of the molecule is OC(CN(CC1CC2CCC1C2)c1cccc(Oc2ccccc2)c1)C(F)(F)F. The Bertz CT molecular complexity index is 811. The Kier molecular flexibility index (Phi) is 5.72. The number of benzene rings is 2. The molecule has 0 heterocycles. The smallest absolute Gasteiger partial charge is 0.416 e. The molecule has 2 aromatic carbocycles. The van der Waals surface area contributed by atoms with Crippen LogP contribution < -0.4 is 9.64 Å². The first-order valence-electron chi connectivity index (χ1n) is 10.2. The summed E-state index contributed by atoms with van der Waals surface area (Å²) in [5.41, 5.74) is 0.643. The molecule has 4 atom stereocenters. The van der Waals surface area contributed by atoms with Crippen LogP contribution in [0.1, 0.15) is 25.7 Å². The van der Waals surface area contributed by atoms with E-state index in [9.17, 15) is 18.3 Å². The van der Waals surface area contributed by atoms with E-state index in [0.29, 0.717) is 41.5 Å². The van der Waals surface area contributed by atoms with Crippen LogP contribution in [0.4, 0.5) is 18.9 Å². The quantitative estimate of drug-likeness (QED) is 0.647. The van der Waals surface area contributed by atoms with Crippen LogP contribution in [-0.4, -0.2) is 30.5 Å². The molecular weight excluding hydrogens is 379 g/mol. The van der Waals surface area contributed by atoms with E-state index in [1.54, 1.807) is 29.2 Å². The molecule has 0 saturated heterocycles. The predicted octanol–water partition coefficient (Wildman–Crippen LogP) is 5.64. The van der Waals surface area contributed by atoms with E-state index in [4.69, 9.17) is 4.74 Å². The van der Waals surface area contributed by atoms with Crippen LogP contribution >= 0.6 is 0 Å². The third kappa shape index (κ3) is 4.86. The summed E-state index contributed by atoms with van der Waals surface area (Å²) in [7, 11) is 0. The molecule has 4 rings (SSSR count). The number of aliphatic hydroxyl groups excluding tert-OH is 1. The van der Waals surface area contributed by atoms with E-state index in [0.717, 1.165) is 6.42 Å². The van der Waals surface area contributed by atoms with Crippen LogP contribution in [0.5, 0.6) is 11.5 Å². The second kappa shape index (κ2) is 8.27. The van der Waals surface area contributed by atoms with Crippen molar-refractivity contribution in [1.29, 1.82) is 0 Å². The highest BCUT2D eigenvalue weighted by atomic mass is 19.4. The summed E-state index contributed by atoms with van der Waals surface area (Å²) in [4.78, 5) is 1.68. The molecule has 2 bridgehead atoms. The number of ether oxygens (including phenoxy) is 1. The van der Waals surface area contributed by atoms with E-state index in [2.05, 4.69) is 0 Å². The second-order valence-corrected chi connectivity index (χ2v) is 8.31. The number of halogens is 3. The minimum Gasteiger partial charge on any atom is -0.457 e. The van der Waals surface area contributed by atoms with Crippen LogP contribution in [-0.2, 0) is 0 Å². The summed E-state index contributed by atoms with van der Waals surface area (Å²) in [5, 5.41) is 9.73. The topological polar surface area (TPSA) is 32.7 Å². The van der Waals surface area contributed by atoms with E-state index >= 15 is 0 Å². The number of alkyl halides is 3. The van der Waals surface area contributed by atoms with Gasteiger partial charge < -0.3 is 14.7 Å². The van der Waals surface area contributed by atoms with E-state index in [1.807, 2.05) is 30.3 Å². The van der Waals surface area contributed by atoms with Crippen LogP contribution in [0.2, 0.25) is 0 Å². The highest BCUT2D eigenvalue weighted by Crippen LogP contribution is 2.48. The van der Waals surface area contributed by atoms with Gasteiger partial charge in [0.15, 0.2) is 6.10 Å². The average Bonchev–Trinajstić information content (AvgIpc) is 3.31. The number of aliphatic hydroxyl groups is 1. The summed E-state index contributed by atoms with van der Waals surface area (Å²) in [5.74, 6) is 2.92. The molecular formula is C23H26F3NO2. The van der Waals surface area contributed by atoms with Gasteiger partial charge in [0.2, 0.25) is 0 Å². The molecule has 2 aliphatic rings. The number of anilines is 1. The fourth-order valence-electron chi connectivity index (χ4n) is 4.85. The molecule has 4 unspecified atom stereocenters. The van der Waals surface area contributed by atoms with Gasteiger partial charge in [-0.05, 0) is 61.3 Å². The molecule has 2 aromatic rings. The molecule has 29 heavy (non-hydrogen) atoms. The Hall–Kier alpha value is -2.21. The molecule has 156 valence electrons. The lowest BCUT2D eigenvalue weighted by molar-refractivity contribution is -0.200. The van der Waals surface area contributed by atoms with Crippen molar-refractivity contribution in [1.82, 2.24) is 0 Å². The van der Waals surface area contributed by atoms with Gasteiger partial charge in [-0.3, -0.25) is 0 Å². The van der Waals surface area contributed by atoms with Gasteiger partial charge in [0.05, 0.1) is 6.54 Å². The van der Waals surface area contributed by atoms with Crippen LogP contribution in [0, 0.1) is 17.8 Å². The van der Waals surface area contributed by atoms with Crippen LogP contribution in [0.25, 0.3) is 0 Å². The fourth-order valence-corrected chi connectivity index (χ4v) is 4.85. The first-order valence-corrected chi connectivity index (χ1v) is 10.2. The summed E-state index contributed by atoms with van der Waals surface area (Å²) in [6.45, 7) is 0.0648. The fraction of sp³-hybridized carbons (Fsp3) is 0.478. The Morgan fingerprint density at radius 2 is 1.76 bits per heavy atom. The van der Waals surface area contributed by atoms with Crippen molar-refractivity contribution in [2.45, 2.75) is 38.0 Å². The van der Waals surface area contributed by atoms with Crippen molar-refractivity contribution in [3.63, 3.8) is 0 Å². The molecule has 6 heteroatoms. The van der Waals surface area contributed by atoms with Crippen LogP contribution in [0.15, 0.2) is 54.6 Å². The molecule has 0 aliphatic heterocycles. The maximum absolute atomic E-state index is 13.1. The lowest BCUT2D eigenvalue weighted by Gasteiger charge is -2.33. The minimum atomic E-state index is -4.63. The molecule has 3 nitrogen and oxygen atoms in total. The maximum atomic E-state index is 13.1. The monoisotopic (exact) mass is 405 g/mol. The van der Waals surface area contributed by atoms with Crippen molar-refractivity contribution in [2.75, 3.05) is 18.0 Å². The summed E-state index contributed by atoms with van der Waals surface area (Å²) in [6.07, 6.45) is -2.33. The molecule has 2 saturated carbocycles. The Morgan fingerprint density at radius 1 is 1.00 bits per heavy atom. The molecule has 0 amide bonds. The number of para-hydroxylation sites is 1. The van der Waals surface area contributed by atoms with Gasteiger partial charge in [-0.2, -0.15) is 13.2 Å². The van der Waals surface area contributed by atoms with E-state index < -0.39 is 18.8 Å². The lowest BCUT2D eigenvalue weighted by atomic mass is 9.88. The first-order chi connectivity index (χ1) is 13.9. The molecule has 0 spiro atoms. The zero-order valence-electron chi connectivity index (χ0n) is 16.2. The van der Waals surface area contributed by atoms with E-state index in [-0.39, 0.29) is 0 Å². The highest BCUT2D eigenvalue weighted by Gasteiger charge is 2.42. The zero-order chi connectivity index (χ0) is 20.4. The molecule has 0 aromatic heterocycles. The summed E-state index contributed by atoms with van der Waals surface area (Å²) in [6, 6.07) is 16.4. The van der Waals surface area contributed by atoms with Gasteiger partial charge in [-0.15, -0.1) is 0 Å². The third-order valence-electron chi connectivity index (χ3n) is 6.27. The first kappa shape index (κ1) is 20.1. The van der Waals surface area contributed by atoms with Gasteiger partial charge in [0.1, 0.15) is 11.5 Å². The maximum Gasteiger partial charge on any atom is 0.416 e. The van der Waals surface area contributed by atoms with Crippen molar-refractivity contribution in [3.05, 3.63) is 54.6 Å². The molecule has 2 aliphatic carbocycles. The third-order valence-corrected chi connectivity index (χ3v) is 6.27. The Balaban J connectivity index is 1.54. The van der Waals surface area contributed by atoms with Gasteiger partial charge >= 0.3 is 6.18 Å². The second-order valence-electron chi connectivity index (χ2n) is 8.31. The van der Waals surface area contributed by atoms with Crippen LogP contribution in [0.3, 0.4) is 0 Å². The standard InChI is InChI=1S/C23H26F3NO2/c24-23(25,26)22(28)15-27(14-18-12-16-9-10-17(18)11-16)19-5-4-8-21(13-19)29-20-6-2-1-3-7-20/h1-8,13,16-18,22,28H,9-12,14-15H2. The Morgan fingerprint density at radius 3 is 2.41 bits per heavy atom. The zero-order valence-corrected chi connectivity index (χ0v) is 16.2. The number of hydrogen-bond acceptors (Lipinski definition) is 3. The summed E-state index contributed by atoms with van der Waals surface area (Å²) < 4.78 is 45.0. The summed E-state index contributed by atoms with van der Waals surface area (Å²) >= 11 is 0. The minimum absolute atomic E-state index is 0.382.